The molecule has 7 heteroatoms. The molecule has 0 aromatic heterocycles. The molecule has 18 heavy (non-hydrogen) atoms. The quantitative estimate of drug-likeness (QED) is 0.495. The predicted molar refractivity (Wildman–Crippen MR) is 72.3 cm³/mol. The number of amides is 2. The van der Waals surface area contributed by atoms with Crippen LogP contribution in [-0.4, -0.2) is 42.3 Å². The van der Waals surface area contributed by atoms with Gasteiger partial charge in [0, 0.05) is 14.2 Å². The molecule has 1 aliphatic heterocycles. The van der Waals surface area contributed by atoms with Crippen molar-refractivity contribution >= 4 is 49.5 Å². The highest BCUT2D eigenvalue weighted by molar-refractivity contribution is 9.14. The first-order valence-corrected chi connectivity index (χ1v) is 6.89. The Morgan fingerprint density at radius 1 is 1.28 bits per heavy atom. The maximum atomic E-state index is 11.6. The van der Waals surface area contributed by atoms with Crippen LogP contribution in [0.2, 0.25) is 0 Å². The fourth-order valence-corrected chi connectivity index (χ4v) is 2.06. The Labute approximate surface area is 123 Å². The van der Waals surface area contributed by atoms with E-state index in [-0.39, 0.29) is 40.9 Å². The summed E-state index contributed by atoms with van der Waals surface area (Å²) in [6.07, 6.45) is -0.584. The summed E-state index contributed by atoms with van der Waals surface area (Å²) in [5, 5.41) is 0. The minimum Gasteiger partial charge on any atom is -0.379 e. The van der Waals surface area contributed by atoms with Gasteiger partial charge in [-0.1, -0.05) is 6.92 Å². The minimum absolute atomic E-state index is 0.131. The van der Waals surface area contributed by atoms with Crippen molar-refractivity contribution in [1.29, 1.82) is 0 Å². The Balaban J connectivity index is 2.27. The maximum absolute atomic E-state index is 11.6. The third-order valence-electron chi connectivity index (χ3n) is 2.33. The van der Waals surface area contributed by atoms with Gasteiger partial charge in [-0.15, -0.1) is 0 Å². The number of hydrogen-bond donors (Lipinski definition) is 0. The van der Waals surface area contributed by atoms with Crippen molar-refractivity contribution in [3.8, 4) is 0 Å². The number of rotatable bonds is 7. The van der Waals surface area contributed by atoms with Crippen LogP contribution in [0, 0.1) is 0 Å². The van der Waals surface area contributed by atoms with Crippen LogP contribution >= 0.6 is 31.9 Å². The molecule has 0 N–H and O–H groups in total. The molecule has 0 aromatic carbocycles. The van der Waals surface area contributed by atoms with Gasteiger partial charge in [0.2, 0.25) is 0 Å². The smallest absolute Gasteiger partial charge is 0.269 e. The fourth-order valence-electron chi connectivity index (χ4n) is 1.30. The number of carbonyl (C=O) groups excluding carboxylic acids is 3. The molecule has 0 aromatic rings. The molecular formula is C11H13Br2NO4. The van der Waals surface area contributed by atoms with E-state index in [1.165, 1.54) is 6.92 Å². The average Bonchev–Trinajstić information content (AvgIpc) is 2.55. The lowest BCUT2D eigenvalue weighted by molar-refractivity contribution is -0.138. The predicted octanol–water partition coefficient (Wildman–Crippen LogP) is 1.74. The van der Waals surface area contributed by atoms with Gasteiger partial charge >= 0.3 is 0 Å². The first kappa shape index (κ1) is 13.9. The van der Waals surface area contributed by atoms with Gasteiger partial charge in [0.25, 0.3) is 11.8 Å². The summed E-state index contributed by atoms with van der Waals surface area (Å²) in [7, 11) is 0. The molecule has 5 nitrogen and oxygen atoms in total. The SMILES string of the molecule is [3H]C(C)C(=O)CCOCCN1C(=O)C(Br)=C(Br)C1=O. The highest BCUT2D eigenvalue weighted by Gasteiger charge is 2.35. The van der Waals surface area contributed by atoms with E-state index in [0.29, 0.717) is 0 Å². The number of Topliss-reactive ketones (excluding diaryl/α,β-unsaturated/α-hetero) is 1. The summed E-state index contributed by atoms with van der Waals surface area (Å²) in [6, 6.07) is 0. The van der Waals surface area contributed by atoms with Crippen molar-refractivity contribution < 1.29 is 20.5 Å². The van der Waals surface area contributed by atoms with Gasteiger partial charge in [0.15, 0.2) is 0 Å². The van der Waals surface area contributed by atoms with Crippen LogP contribution in [-0.2, 0) is 19.1 Å². The van der Waals surface area contributed by atoms with E-state index >= 15 is 0 Å². The summed E-state index contributed by atoms with van der Waals surface area (Å²) in [4.78, 5) is 35.5. The Morgan fingerprint density at radius 3 is 2.33 bits per heavy atom. The van der Waals surface area contributed by atoms with E-state index in [9.17, 15) is 14.4 Å². The van der Waals surface area contributed by atoms with E-state index in [4.69, 9.17) is 6.11 Å². The Hall–Kier alpha value is -0.530. The monoisotopic (exact) mass is 383 g/mol. The normalized spacial score (nSPS) is 18.4. The van der Waals surface area contributed by atoms with Crippen molar-refractivity contribution in [2.75, 3.05) is 19.8 Å². The van der Waals surface area contributed by atoms with Gasteiger partial charge in [-0.3, -0.25) is 19.3 Å². The van der Waals surface area contributed by atoms with E-state index in [0.717, 1.165) is 4.90 Å². The highest BCUT2D eigenvalue weighted by atomic mass is 79.9. The number of ether oxygens (including phenoxy) is 1. The number of ketones is 1. The van der Waals surface area contributed by atoms with Gasteiger partial charge < -0.3 is 4.74 Å². The zero-order chi connectivity index (χ0) is 14.6. The van der Waals surface area contributed by atoms with Gasteiger partial charge in [0.1, 0.15) is 14.7 Å². The van der Waals surface area contributed by atoms with Crippen molar-refractivity contribution in [3.63, 3.8) is 0 Å². The van der Waals surface area contributed by atoms with Crippen LogP contribution in [0.5, 0.6) is 0 Å². The van der Waals surface area contributed by atoms with Crippen LogP contribution in [0.4, 0.5) is 0 Å². The van der Waals surface area contributed by atoms with Gasteiger partial charge in [-0.2, -0.15) is 0 Å². The molecule has 1 rings (SSSR count). The lowest BCUT2D eigenvalue weighted by Crippen LogP contribution is -2.34. The number of nitrogens with zero attached hydrogens (tertiary/aromatic N) is 1. The van der Waals surface area contributed by atoms with Crippen molar-refractivity contribution in [1.82, 2.24) is 4.90 Å². The summed E-state index contributed by atoms with van der Waals surface area (Å²) in [5.74, 6) is -1.01. The van der Waals surface area contributed by atoms with E-state index in [1.807, 2.05) is 0 Å². The molecule has 1 atom stereocenters. The van der Waals surface area contributed by atoms with Gasteiger partial charge in [0.05, 0.1) is 19.8 Å². The molecule has 0 radical (unpaired) electrons. The first-order chi connectivity index (χ1) is 8.86. The summed E-state index contributed by atoms with van der Waals surface area (Å²) >= 11 is 6.04. The third-order valence-corrected chi connectivity index (χ3v) is 4.34. The standard InChI is InChI=1S/C11H13Br2NO4/c1-2-7(15)3-5-18-6-4-14-10(16)8(12)9(13)11(14)17/h2-6H2,1H3/i2T. The van der Waals surface area contributed by atoms with Crippen LogP contribution < -0.4 is 0 Å². The van der Waals surface area contributed by atoms with Crippen LogP contribution in [0.25, 0.3) is 0 Å². The highest BCUT2D eigenvalue weighted by Crippen LogP contribution is 2.28. The second-order valence-electron chi connectivity index (χ2n) is 3.51. The summed E-state index contributed by atoms with van der Waals surface area (Å²) in [5.41, 5.74) is 0. The molecule has 2 amide bonds. The number of imide groups is 1. The molecule has 1 heterocycles. The first-order valence-electron chi connectivity index (χ1n) is 5.88. The molecule has 1 aliphatic rings. The van der Waals surface area contributed by atoms with Crippen LogP contribution in [0.15, 0.2) is 8.96 Å². The van der Waals surface area contributed by atoms with Gasteiger partial charge in [-0.05, 0) is 31.9 Å². The van der Waals surface area contributed by atoms with Crippen molar-refractivity contribution in [2.24, 2.45) is 0 Å². The largest absolute Gasteiger partial charge is 0.379 e. The van der Waals surface area contributed by atoms with Crippen molar-refractivity contribution in [2.45, 2.75) is 19.7 Å². The number of halogens is 2. The molecule has 0 saturated heterocycles. The van der Waals surface area contributed by atoms with Crippen LogP contribution in [0.3, 0.4) is 0 Å². The van der Waals surface area contributed by atoms with Gasteiger partial charge in [-0.25, -0.2) is 0 Å². The lowest BCUT2D eigenvalue weighted by atomic mass is 10.2. The molecular weight excluding hydrogens is 370 g/mol. The molecule has 0 aliphatic carbocycles. The molecule has 0 fully saturated rings. The number of hydrogen-bond acceptors (Lipinski definition) is 4. The fraction of sp³-hybridized carbons (Fsp3) is 0.545. The zero-order valence-corrected chi connectivity index (χ0v) is 12.9. The molecule has 100 valence electrons. The second kappa shape index (κ2) is 7.16. The Morgan fingerprint density at radius 2 is 1.83 bits per heavy atom. The van der Waals surface area contributed by atoms with E-state index in [1.54, 1.807) is 0 Å². The van der Waals surface area contributed by atoms with Crippen LogP contribution in [0.1, 0.15) is 21.1 Å². The summed E-state index contributed by atoms with van der Waals surface area (Å²) < 4.78 is 12.8. The van der Waals surface area contributed by atoms with Crippen molar-refractivity contribution in [3.05, 3.63) is 8.96 Å². The van der Waals surface area contributed by atoms with E-state index < -0.39 is 18.2 Å². The Bertz CT molecular complexity index is 412. The molecule has 0 saturated carbocycles. The Kier molecular flexibility index (Phi) is 5.52. The van der Waals surface area contributed by atoms with E-state index in [2.05, 4.69) is 31.9 Å². The molecule has 1 unspecified atom stereocenters. The number of carbonyl (C=O) groups is 3. The third kappa shape index (κ3) is 3.73. The second-order valence-corrected chi connectivity index (χ2v) is 5.09. The summed E-state index contributed by atoms with van der Waals surface area (Å²) in [6.45, 7) is 1.99. The molecule has 0 bridgehead atoms. The topological polar surface area (TPSA) is 63.7 Å². The molecule has 0 spiro atoms. The zero-order valence-electron chi connectivity index (χ0n) is 10.7. The average molecular weight is 385 g/mol. The minimum atomic E-state index is -0.749. The maximum Gasteiger partial charge on any atom is 0.269 e. The lowest BCUT2D eigenvalue weighted by Gasteiger charge is -2.13.